The van der Waals surface area contributed by atoms with Gasteiger partial charge in [0.1, 0.15) is 0 Å². The molecule has 140 valence electrons. The van der Waals surface area contributed by atoms with Crippen LogP contribution in [0.5, 0.6) is 0 Å². The Morgan fingerprint density at radius 1 is 1.23 bits per heavy atom. The standard InChI is InChI=1S/C19H26N4O3/c1-15(24)21-13-17(25)22-10-6-19(7-11-22)5-3-9-23(18(19)26)14-16-4-2-8-20-12-16/h2,4,8,12H,3,5-7,9-11,13-14H2,1H3,(H,21,24). The molecule has 3 heterocycles. The lowest BCUT2D eigenvalue weighted by molar-refractivity contribution is -0.153. The predicted molar refractivity (Wildman–Crippen MR) is 95.8 cm³/mol. The molecular weight excluding hydrogens is 332 g/mol. The van der Waals surface area contributed by atoms with Crippen LogP contribution in [0.25, 0.3) is 0 Å². The van der Waals surface area contributed by atoms with E-state index in [1.54, 1.807) is 17.3 Å². The molecule has 2 aliphatic heterocycles. The largest absolute Gasteiger partial charge is 0.347 e. The Bertz CT molecular complexity index is 669. The summed E-state index contributed by atoms with van der Waals surface area (Å²) in [6.07, 6.45) is 6.81. The van der Waals surface area contributed by atoms with Crippen LogP contribution in [0.15, 0.2) is 24.5 Å². The molecule has 2 fully saturated rings. The Labute approximate surface area is 153 Å². The van der Waals surface area contributed by atoms with E-state index in [0.717, 1.165) is 24.9 Å². The molecule has 3 rings (SSSR count). The van der Waals surface area contributed by atoms with Crippen molar-refractivity contribution in [3.8, 4) is 0 Å². The highest BCUT2D eigenvalue weighted by Gasteiger charge is 2.46. The van der Waals surface area contributed by atoms with Gasteiger partial charge in [0.25, 0.3) is 0 Å². The number of likely N-dealkylation sites (tertiary alicyclic amines) is 2. The van der Waals surface area contributed by atoms with Gasteiger partial charge in [0.15, 0.2) is 0 Å². The van der Waals surface area contributed by atoms with Crippen molar-refractivity contribution in [2.45, 2.75) is 39.2 Å². The van der Waals surface area contributed by atoms with Crippen LogP contribution in [0.2, 0.25) is 0 Å². The molecule has 0 atom stereocenters. The topological polar surface area (TPSA) is 82.6 Å². The number of hydrogen-bond donors (Lipinski definition) is 1. The van der Waals surface area contributed by atoms with Crippen molar-refractivity contribution in [1.82, 2.24) is 20.1 Å². The molecule has 1 N–H and O–H groups in total. The summed E-state index contributed by atoms with van der Waals surface area (Å²) in [6, 6.07) is 3.88. The number of amides is 3. The first-order valence-electron chi connectivity index (χ1n) is 9.21. The number of nitrogens with zero attached hydrogens (tertiary/aromatic N) is 3. The van der Waals surface area contributed by atoms with E-state index in [0.29, 0.717) is 32.5 Å². The van der Waals surface area contributed by atoms with Crippen molar-refractivity contribution in [1.29, 1.82) is 0 Å². The van der Waals surface area contributed by atoms with Gasteiger partial charge in [-0.25, -0.2) is 0 Å². The average molecular weight is 358 g/mol. The smallest absolute Gasteiger partial charge is 0.241 e. The molecular formula is C19H26N4O3. The van der Waals surface area contributed by atoms with E-state index in [9.17, 15) is 14.4 Å². The summed E-state index contributed by atoms with van der Waals surface area (Å²) in [7, 11) is 0. The third kappa shape index (κ3) is 4.03. The summed E-state index contributed by atoms with van der Waals surface area (Å²) in [5.41, 5.74) is 0.700. The molecule has 0 bridgehead atoms. The molecule has 26 heavy (non-hydrogen) atoms. The molecule has 1 spiro atoms. The number of rotatable bonds is 4. The maximum absolute atomic E-state index is 13.1. The summed E-state index contributed by atoms with van der Waals surface area (Å²) >= 11 is 0. The fourth-order valence-corrected chi connectivity index (χ4v) is 3.98. The maximum Gasteiger partial charge on any atom is 0.241 e. The summed E-state index contributed by atoms with van der Waals surface area (Å²) in [4.78, 5) is 44.1. The molecule has 2 aliphatic rings. The van der Waals surface area contributed by atoms with E-state index in [1.807, 2.05) is 17.0 Å². The first kappa shape index (κ1) is 18.4. The van der Waals surface area contributed by atoms with E-state index in [-0.39, 0.29) is 29.7 Å². The number of nitrogens with one attached hydrogen (secondary N) is 1. The molecule has 1 aromatic rings. The minimum Gasteiger partial charge on any atom is -0.347 e. The lowest BCUT2D eigenvalue weighted by Crippen LogP contribution is -2.54. The van der Waals surface area contributed by atoms with Crippen molar-refractivity contribution in [3.05, 3.63) is 30.1 Å². The average Bonchev–Trinajstić information content (AvgIpc) is 2.65. The second-order valence-corrected chi connectivity index (χ2v) is 7.26. The molecule has 0 aromatic carbocycles. The Hall–Kier alpha value is -2.44. The summed E-state index contributed by atoms with van der Waals surface area (Å²) in [6.45, 7) is 3.95. The van der Waals surface area contributed by atoms with Gasteiger partial charge in [-0.05, 0) is 37.3 Å². The molecule has 7 nitrogen and oxygen atoms in total. The molecule has 7 heteroatoms. The first-order chi connectivity index (χ1) is 12.5. The molecule has 0 saturated carbocycles. The first-order valence-corrected chi connectivity index (χ1v) is 9.21. The molecule has 0 radical (unpaired) electrons. The van der Waals surface area contributed by atoms with Gasteiger partial charge in [0, 0.05) is 45.5 Å². The van der Waals surface area contributed by atoms with Crippen LogP contribution in [0.1, 0.15) is 38.2 Å². The summed E-state index contributed by atoms with van der Waals surface area (Å²) < 4.78 is 0. The predicted octanol–water partition coefficient (Wildman–Crippen LogP) is 0.949. The monoisotopic (exact) mass is 358 g/mol. The minimum absolute atomic E-state index is 0.0312. The molecule has 1 aromatic heterocycles. The Morgan fingerprint density at radius 2 is 2.00 bits per heavy atom. The van der Waals surface area contributed by atoms with Gasteiger partial charge < -0.3 is 15.1 Å². The van der Waals surface area contributed by atoms with E-state index in [4.69, 9.17) is 0 Å². The minimum atomic E-state index is -0.342. The normalized spacial score (nSPS) is 19.5. The van der Waals surface area contributed by atoms with Crippen molar-refractivity contribution in [2.75, 3.05) is 26.2 Å². The zero-order chi connectivity index (χ0) is 18.6. The van der Waals surface area contributed by atoms with Crippen LogP contribution in [-0.2, 0) is 20.9 Å². The zero-order valence-corrected chi connectivity index (χ0v) is 15.2. The second-order valence-electron chi connectivity index (χ2n) is 7.26. The van der Waals surface area contributed by atoms with Gasteiger partial charge in [-0.15, -0.1) is 0 Å². The van der Waals surface area contributed by atoms with Gasteiger partial charge in [-0.1, -0.05) is 6.07 Å². The number of carbonyl (C=O) groups is 3. The Morgan fingerprint density at radius 3 is 2.65 bits per heavy atom. The lowest BCUT2D eigenvalue weighted by atomic mass is 9.71. The lowest BCUT2D eigenvalue weighted by Gasteiger charge is -2.46. The number of aromatic nitrogens is 1. The third-order valence-electron chi connectivity index (χ3n) is 5.48. The number of pyridine rings is 1. The van der Waals surface area contributed by atoms with Crippen LogP contribution >= 0.6 is 0 Å². The van der Waals surface area contributed by atoms with Crippen LogP contribution in [0.4, 0.5) is 0 Å². The fourth-order valence-electron chi connectivity index (χ4n) is 3.98. The number of piperidine rings is 2. The second kappa shape index (κ2) is 7.85. The number of carbonyl (C=O) groups excluding carboxylic acids is 3. The highest BCUT2D eigenvalue weighted by atomic mass is 16.2. The van der Waals surface area contributed by atoms with Gasteiger partial charge >= 0.3 is 0 Å². The summed E-state index contributed by atoms with van der Waals surface area (Å²) in [5.74, 6) is -0.0765. The van der Waals surface area contributed by atoms with Crippen LogP contribution < -0.4 is 5.32 Å². The molecule has 0 unspecified atom stereocenters. The maximum atomic E-state index is 13.1. The van der Waals surface area contributed by atoms with Crippen molar-refractivity contribution < 1.29 is 14.4 Å². The fraction of sp³-hybridized carbons (Fsp3) is 0.579. The van der Waals surface area contributed by atoms with Gasteiger partial charge in [-0.3, -0.25) is 19.4 Å². The highest BCUT2D eigenvalue weighted by molar-refractivity contribution is 5.85. The van der Waals surface area contributed by atoms with Crippen LogP contribution in [0, 0.1) is 5.41 Å². The van der Waals surface area contributed by atoms with E-state index in [1.165, 1.54) is 6.92 Å². The van der Waals surface area contributed by atoms with Gasteiger partial charge in [0.05, 0.1) is 12.0 Å². The summed E-state index contributed by atoms with van der Waals surface area (Å²) in [5, 5.41) is 2.55. The van der Waals surface area contributed by atoms with Crippen molar-refractivity contribution in [2.24, 2.45) is 5.41 Å². The van der Waals surface area contributed by atoms with E-state index in [2.05, 4.69) is 10.3 Å². The molecule has 3 amide bonds. The highest BCUT2D eigenvalue weighted by Crippen LogP contribution is 2.41. The van der Waals surface area contributed by atoms with Crippen molar-refractivity contribution in [3.63, 3.8) is 0 Å². The Kier molecular flexibility index (Phi) is 5.54. The van der Waals surface area contributed by atoms with Crippen molar-refractivity contribution >= 4 is 17.7 Å². The SMILES string of the molecule is CC(=O)NCC(=O)N1CCC2(CCCN(Cc3cccnc3)C2=O)CC1. The van der Waals surface area contributed by atoms with Gasteiger partial charge in [-0.2, -0.15) is 0 Å². The quantitative estimate of drug-likeness (QED) is 0.869. The van der Waals surface area contributed by atoms with Crippen LogP contribution in [-0.4, -0.2) is 58.7 Å². The van der Waals surface area contributed by atoms with E-state index < -0.39 is 0 Å². The van der Waals surface area contributed by atoms with Gasteiger partial charge in [0.2, 0.25) is 17.7 Å². The third-order valence-corrected chi connectivity index (χ3v) is 5.48. The zero-order valence-electron chi connectivity index (χ0n) is 15.2. The molecule has 2 saturated heterocycles. The van der Waals surface area contributed by atoms with E-state index >= 15 is 0 Å². The Balaban J connectivity index is 1.59. The number of hydrogen-bond acceptors (Lipinski definition) is 4. The van der Waals surface area contributed by atoms with Crippen LogP contribution in [0.3, 0.4) is 0 Å². The molecule has 0 aliphatic carbocycles.